The van der Waals surface area contributed by atoms with Crippen LogP contribution in [0, 0.1) is 11.3 Å². The standard InChI is InChI=1S/C25H35N3O3/c1-2-31-24(29)25-9-6-21(28-12-14-30-15-13-28)16-20(25)8-11-27(18-25)17-19-4-3-5-23-22(19)7-10-26-23/h3-5,7,10,20-21,26H,2,6,8-9,11-18H2,1H3/t20-,21-,25-/m1/s1. The topological polar surface area (TPSA) is 57.8 Å². The first-order chi connectivity index (χ1) is 15.2. The van der Waals surface area contributed by atoms with E-state index in [9.17, 15) is 4.79 Å². The highest BCUT2D eigenvalue weighted by Gasteiger charge is 2.53. The fourth-order valence-corrected chi connectivity index (χ4v) is 6.27. The molecule has 2 aromatic rings. The van der Waals surface area contributed by atoms with Gasteiger partial charge in [0.05, 0.1) is 25.2 Å². The van der Waals surface area contributed by atoms with Gasteiger partial charge >= 0.3 is 5.97 Å². The number of rotatable bonds is 5. The summed E-state index contributed by atoms with van der Waals surface area (Å²) >= 11 is 0. The number of carbonyl (C=O) groups excluding carboxylic acids is 1. The Morgan fingerprint density at radius 3 is 2.94 bits per heavy atom. The number of esters is 1. The second-order valence-corrected chi connectivity index (χ2v) is 9.51. The van der Waals surface area contributed by atoms with Crippen molar-refractivity contribution < 1.29 is 14.3 Å². The molecule has 0 radical (unpaired) electrons. The number of H-pyrrole nitrogens is 1. The highest BCUT2D eigenvalue weighted by atomic mass is 16.5. The van der Waals surface area contributed by atoms with E-state index in [1.807, 2.05) is 13.1 Å². The maximum atomic E-state index is 13.3. The van der Waals surface area contributed by atoms with Crippen molar-refractivity contribution in [1.29, 1.82) is 0 Å². The van der Waals surface area contributed by atoms with Crippen molar-refractivity contribution in [2.75, 3.05) is 46.0 Å². The van der Waals surface area contributed by atoms with E-state index in [-0.39, 0.29) is 11.4 Å². The molecule has 1 saturated carbocycles. The maximum absolute atomic E-state index is 13.3. The Labute approximate surface area is 184 Å². The van der Waals surface area contributed by atoms with Gasteiger partial charge in [0, 0.05) is 49.3 Å². The number of likely N-dealkylation sites (tertiary alicyclic amines) is 1. The van der Waals surface area contributed by atoms with Crippen molar-refractivity contribution in [3.8, 4) is 0 Å². The number of piperidine rings is 1. The number of fused-ring (bicyclic) bond motifs is 2. The fourth-order valence-electron chi connectivity index (χ4n) is 6.27. The lowest BCUT2D eigenvalue weighted by atomic mass is 9.61. The van der Waals surface area contributed by atoms with E-state index >= 15 is 0 Å². The Morgan fingerprint density at radius 1 is 1.23 bits per heavy atom. The molecule has 1 N–H and O–H groups in total. The summed E-state index contributed by atoms with van der Waals surface area (Å²) in [5.74, 6) is 0.442. The Kier molecular flexibility index (Phi) is 6.04. The summed E-state index contributed by atoms with van der Waals surface area (Å²) in [6.07, 6.45) is 6.20. The van der Waals surface area contributed by atoms with Crippen molar-refractivity contribution >= 4 is 16.9 Å². The fraction of sp³-hybridized carbons (Fsp3) is 0.640. The van der Waals surface area contributed by atoms with Gasteiger partial charge in [0.2, 0.25) is 0 Å². The molecular formula is C25H35N3O3. The molecule has 3 heterocycles. The van der Waals surface area contributed by atoms with Gasteiger partial charge in [-0.3, -0.25) is 14.6 Å². The van der Waals surface area contributed by atoms with Crippen LogP contribution in [-0.4, -0.2) is 72.8 Å². The van der Waals surface area contributed by atoms with Crippen molar-refractivity contribution in [1.82, 2.24) is 14.8 Å². The molecule has 0 unspecified atom stereocenters. The van der Waals surface area contributed by atoms with E-state index in [2.05, 4.69) is 39.0 Å². The summed E-state index contributed by atoms with van der Waals surface area (Å²) in [5.41, 5.74) is 2.15. The van der Waals surface area contributed by atoms with Crippen LogP contribution in [0.15, 0.2) is 30.5 Å². The summed E-state index contributed by atoms with van der Waals surface area (Å²) in [6.45, 7) is 8.85. The molecule has 6 heteroatoms. The Hall–Kier alpha value is -1.89. The van der Waals surface area contributed by atoms with Crippen LogP contribution < -0.4 is 0 Å². The molecule has 2 aliphatic heterocycles. The number of ether oxygens (including phenoxy) is 2. The van der Waals surface area contributed by atoms with Crippen molar-refractivity contribution in [2.45, 2.75) is 45.2 Å². The van der Waals surface area contributed by atoms with Crippen molar-refractivity contribution in [2.24, 2.45) is 11.3 Å². The zero-order valence-corrected chi connectivity index (χ0v) is 18.6. The van der Waals surface area contributed by atoms with E-state index in [1.54, 1.807) is 0 Å². The molecule has 168 valence electrons. The van der Waals surface area contributed by atoms with E-state index in [0.29, 0.717) is 18.6 Å². The van der Waals surface area contributed by atoms with Crippen LogP contribution in [0.1, 0.15) is 38.2 Å². The van der Waals surface area contributed by atoms with Crippen molar-refractivity contribution in [3.05, 3.63) is 36.0 Å². The van der Waals surface area contributed by atoms with Gasteiger partial charge in [-0.15, -0.1) is 0 Å². The number of morpholine rings is 1. The quantitative estimate of drug-likeness (QED) is 0.744. The Balaban J connectivity index is 1.34. The number of nitrogens with zero attached hydrogens (tertiary/aromatic N) is 2. The number of aromatic nitrogens is 1. The van der Waals surface area contributed by atoms with E-state index in [4.69, 9.17) is 9.47 Å². The molecule has 3 aliphatic rings. The molecular weight excluding hydrogens is 390 g/mol. The van der Waals surface area contributed by atoms with E-state index in [0.717, 1.165) is 71.6 Å². The molecule has 0 spiro atoms. The predicted octanol–water partition coefficient (Wildman–Crippen LogP) is 3.42. The van der Waals surface area contributed by atoms with Gasteiger partial charge in [-0.05, 0) is 62.8 Å². The summed E-state index contributed by atoms with van der Waals surface area (Å²) in [5, 5.41) is 1.28. The second kappa shape index (κ2) is 8.93. The van der Waals surface area contributed by atoms with Gasteiger partial charge in [-0.1, -0.05) is 12.1 Å². The molecule has 6 nitrogen and oxygen atoms in total. The number of aromatic amines is 1. The van der Waals surface area contributed by atoms with Crippen LogP contribution in [0.2, 0.25) is 0 Å². The van der Waals surface area contributed by atoms with Crippen molar-refractivity contribution in [3.63, 3.8) is 0 Å². The van der Waals surface area contributed by atoms with Crippen LogP contribution in [0.25, 0.3) is 10.9 Å². The average molecular weight is 426 g/mol. The molecule has 0 bridgehead atoms. The lowest BCUT2D eigenvalue weighted by Gasteiger charge is -2.52. The monoisotopic (exact) mass is 425 g/mol. The van der Waals surface area contributed by atoms with Gasteiger partial charge in [0.15, 0.2) is 0 Å². The molecule has 3 atom stereocenters. The molecule has 1 aromatic carbocycles. The van der Waals surface area contributed by atoms with Gasteiger partial charge in [0.25, 0.3) is 0 Å². The highest BCUT2D eigenvalue weighted by Crippen LogP contribution is 2.48. The first-order valence-corrected chi connectivity index (χ1v) is 12.0. The SMILES string of the molecule is CCOC(=O)[C@@]12CC[C@@H](N3CCOCC3)C[C@H]1CCN(Cc1cccc3[nH]ccc13)C2. The third kappa shape index (κ3) is 4.01. The lowest BCUT2D eigenvalue weighted by molar-refractivity contribution is -0.170. The number of hydrogen-bond acceptors (Lipinski definition) is 5. The molecule has 0 amide bonds. The largest absolute Gasteiger partial charge is 0.466 e. The summed E-state index contributed by atoms with van der Waals surface area (Å²) in [4.78, 5) is 21.7. The average Bonchev–Trinajstić information content (AvgIpc) is 3.29. The molecule has 1 aromatic heterocycles. The number of hydrogen-bond donors (Lipinski definition) is 1. The summed E-state index contributed by atoms with van der Waals surface area (Å²) in [6, 6.07) is 9.20. The number of benzene rings is 1. The predicted molar refractivity (Wildman–Crippen MR) is 121 cm³/mol. The van der Waals surface area contributed by atoms with Crippen LogP contribution in [0.4, 0.5) is 0 Å². The first kappa shape index (κ1) is 21.0. The minimum atomic E-state index is -0.358. The van der Waals surface area contributed by atoms with Crippen LogP contribution in [0.5, 0.6) is 0 Å². The van der Waals surface area contributed by atoms with E-state index in [1.165, 1.54) is 16.5 Å². The van der Waals surface area contributed by atoms with E-state index < -0.39 is 0 Å². The molecule has 1 aliphatic carbocycles. The van der Waals surface area contributed by atoms with Gasteiger partial charge in [-0.2, -0.15) is 0 Å². The number of nitrogens with one attached hydrogen (secondary N) is 1. The highest BCUT2D eigenvalue weighted by molar-refractivity contribution is 5.83. The third-order valence-electron chi connectivity index (χ3n) is 7.88. The van der Waals surface area contributed by atoms with Gasteiger partial charge in [-0.25, -0.2) is 0 Å². The molecule has 3 fully saturated rings. The Morgan fingerprint density at radius 2 is 2.10 bits per heavy atom. The molecule has 5 rings (SSSR count). The minimum Gasteiger partial charge on any atom is -0.466 e. The van der Waals surface area contributed by atoms with Crippen LogP contribution >= 0.6 is 0 Å². The second-order valence-electron chi connectivity index (χ2n) is 9.51. The van der Waals surface area contributed by atoms with Crippen LogP contribution in [0.3, 0.4) is 0 Å². The smallest absolute Gasteiger partial charge is 0.313 e. The number of carbonyl (C=O) groups is 1. The lowest BCUT2D eigenvalue weighted by Crippen LogP contribution is -2.58. The minimum absolute atomic E-state index is 0.0324. The summed E-state index contributed by atoms with van der Waals surface area (Å²) in [7, 11) is 0. The van der Waals surface area contributed by atoms with Crippen LogP contribution in [-0.2, 0) is 20.8 Å². The third-order valence-corrected chi connectivity index (χ3v) is 7.88. The maximum Gasteiger partial charge on any atom is 0.313 e. The Bertz CT molecular complexity index is 906. The summed E-state index contributed by atoms with van der Waals surface area (Å²) < 4.78 is 11.2. The zero-order valence-electron chi connectivity index (χ0n) is 18.6. The normalized spacial score (nSPS) is 30.2. The zero-order chi connectivity index (χ0) is 21.3. The molecule has 2 saturated heterocycles. The molecule has 31 heavy (non-hydrogen) atoms. The first-order valence-electron chi connectivity index (χ1n) is 12.0. The van der Waals surface area contributed by atoms with Gasteiger partial charge < -0.3 is 14.5 Å². The van der Waals surface area contributed by atoms with Gasteiger partial charge in [0.1, 0.15) is 0 Å².